The van der Waals surface area contributed by atoms with Crippen LogP contribution in [0.2, 0.25) is 0 Å². The molecule has 0 saturated carbocycles. The van der Waals surface area contributed by atoms with Crippen LogP contribution in [0.15, 0.2) is 78.4 Å². The van der Waals surface area contributed by atoms with Gasteiger partial charge in [-0.05, 0) is 55.0 Å². The number of ether oxygens (including phenoxy) is 1. The van der Waals surface area contributed by atoms with Crippen LogP contribution < -0.4 is 20.3 Å². The van der Waals surface area contributed by atoms with E-state index in [1.165, 1.54) is 18.2 Å². The SMILES string of the molecule is Cc1ccccc1NC(=O)COc1ccccc1/C=C1\C(=O)NC(=O)N(c2ccc(F)cc2)C1=O. The molecule has 1 heterocycles. The lowest BCUT2D eigenvalue weighted by molar-refractivity contribution is -0.122. The highest BCUT2D eigenvalue weighted by molar-refractivity contribution is 6.39. The summed E-state index contributed by atoms with van der Waals surface area (Å²) in [5, 5.41) is 4.87. The molecule has 1 aliphatic rings. The molecule has 0 radical (unpaired) electrons. The number of rotatable bonds is 6. The maximum absolute atomic E-state index is 13.3. The van der Waals surface area contributed by atoms with Gasteiger partial charge in [0.25, 0.3) is 17.7 Å². The van der Waals surface area contributed by atoms with Gasteiger partial charge in [0.05, 0.1) is 5.69 Å². The van der Waals surface area contributed by atoms with Crippen molar-refractivity contribution < 1.29 is 28.3 Å². The fourth-order valence-electron chi connectivity index (χ4n) is 3.41. The highest BCUT2D eigenvalue weighted by Crippen LogP contribution is 2.25. The van der Waals surface area contributed by atoms with E-state index < -0.39 is 23.7 Å². The van der Waals surface area contributed by atoms with E-state index in [9.17, 15) is 23.6 Å². The van der Waals surface area contributed by atoms with E-state index >= 15 is 0 Å². The number of halogens is 1. The number of aryl methyl sites for hydroxylation is 1. The van der Waals surface area contributed by atoms with Crippen molar-refractivity contribution >= 4 is 41.2 Å². The van der Waals surface area contributed by atoms with Gasteiger partial charge in [0.1, 0.15) is 17.1 Å². The zero-order chi connectivity index (χ0) is 24.9. The molecular weight excluding hydrogens is 453 g/mol. The first-order valence-electron chi connectivity index (χ1n) is 10.6. The lowest BCUT2D eigenvalue weighted by Crippen LogP contribution is -2.54. The lowest BCUT2D eigenvalue weighted by atomic mass is 10.1. The van der Waals surface area contributed by atoms with E-state index in [0.29, 0.717) is 11.3 Å². The highest BCUT2D eigenvalue weighted by Gasteiger charge is 2.37. The molecule has 0 spiro atoms. The first-order valence-corrected chi connectivity index (χ1v) is 10.6. The number of urea groups is 1. The van der Waals surface area contributed by atoms with Crippen molar-refractivity contribution in [2.24, 2.45) is 0 Å². The fraction of sp³-hybridized carbons (Fsp3) is 0.0769. The molecule has 3 aromatic carbocycles. The fourth-order valence-corrected chi connectivity index (χ4v) is 3.41. The number of hydrogen-bond donors (Lipinski definition) is 2. The second kappa shape index (κ2) is 10.0. The topological polar surface area (TPSA) is 105 Å². The average Bonchev–Trinajstić information content (AvgIpc) is 2.83. The summed E-state index contributed by atoms with van der Waals surface area (Å²) in [5.41, 5.74) is 1.68. The highest BCUT2D eigenvalue weighted by atomic mass is 19.1. The summed E-state index contributed by atoms with van der Waals surface area (Å²) < 4.78 is 18.9. The summed E-state index contributed by atoms with van der Waals surface area (Å²) in [5.74, 6) is -2.43. The van der Waals surface area contributed by atoms with Gasteiger partial charge in [-0.15, -0.1) is 0 Å². The number of carbonyl (C=O) groups is 4. The Bertz CT molecular complexity index is 1350. The molecule has 1 saturated heterocycles. The Morgan fingerprint density at radius 1 is 1.00 bits per heavy atom. The molecule has 4 rings (SSSR count). The Balaban J connectivity index is 1.55. The Kier molecular flexibility index (Phi) is 6.68. The number of nitrogens with zero attached hydrogens (tertiary/aromatic N) is 1. The van der Waals surface area contributed by atoms with Gasteiger partial charge in [-0.2, -0.15) is 0 Å². The van der Waals surface area contributed by atoms with Crippen molar-refractivity contribution in [1.82, 2.24) is 5.32 Å². The third-order valence-electron chi connectivity index (χ3n) is 5.18. The number of anilines is 2. The lowest BCUT2D eigenvalue weighted by Gasteiger charge is -2.26. The van der Waals surface area contributed by atoms with Crippen molar-refractivity contribution in [2.75, 3.05) is 16.8 Å². The zero-order valence-corrected chi connectivity index (χ0v) is 18.6. The monoisotopic (exact) mass is 473 g/mol. The molecule has 8 nitrogen and oxygen atoms in total. The molecule has 0 unspecified atom stereocenters. The van der Waals surface area contributed by atoms with Crippen LogP contribution in [0.5, 0.6) is 5.75 Å². The van der Waals surface area contributed by atoms with Gasteiger partial charge < -0.3 is 10.1 Å². The Hall–Kier alpha value is -4.79. The number of amides is 5. The van der Waals surface area contributed by atoms with Crippen LogP contribution >= 0.6 is 0 Å². The standard InChI is InChI=1S/C26H20FN3O5/c1-16-6-2-4-8-21(16)28-23(31)15-35-22-9-5-3-7-17(22)14-20-24(32)29-26(34)30(25(20)33)19-12-10-18(27)11-13-19/h2-14H,15H2,1H3,(H,28,31)(H,29,32,34)/b20-14+. The van der Waals surface area contributed by atoms with Crippen molar-refractivity contribution in [2.45, 2.75) is 6.92 Å². The predicted octanol–water partition coefficient (Wildman–Crippen LogP) is 3.82. The first kappa shape index (κ1) is 23.4. The second-order valence-electron chi connectivity index (χ2n) is 7.62. The summed E-state index contributed by atoms with van der Waals surface area (Å²) in [6.07, 6.45) is 1.27. The molecular formula is C26H20FN3O5. The average molecular weight is 473 g/mol. The number of hydrogen-bond acceptors (Lipinski definition) is 5. The summed E-state index contributed by atoms with van der Waals surface area (Å²) in [4.78, 5) is 50.9. The van der Waals surface area contributed by atoms with Crippen LogP contribution in [0.4, 0.5) is 20.6 Å². The van der Waals surface area contributed by atoms with E-state index in [0.717, 1.165) is 22.6 Å². The summed E-state index contributed by atoms with van der Waals surface area (Å²) in [6, 6.07) is 17.6. The van der Waals surface area contributed by atoms with Crippen LogP contribution in [0.3, 0.4) is 0 Å². The molecule has 3 aromatic rings. The predicted molar refractivity (Wildman–Crippen MR) is 127 cm³/mol. The summed E-state index contributed by atoms with van der Waals surface area (Å²) >= 11 is 0. The van der Waals surface area contributed by atoms with E-state index in [1.54, 1.807) is 36.4 Å². The van der Waals surface area contributed by atoms with E-state index in [2.05, 4.69) is 10.6 Å². The van der Waals surface area contributed by atoms with Crippen LogP contribution in [0.1, 0.15) is 11.1 Å². The third kappa shape index (κ3) is 5.25. The molecule has 176 valence electrons. The van der Waals surface area contributed by atoms with Gasteiger partial charge in [-0.25, -0.2) is 14.1 Å². The van der Waals surface area contributed by atoms with Crippen molar-refractivity contribution in [3.63, 3.8) is 0 Å². The van der Waals surface area contributed by atoms with E-state index in [4.69, 9.17) is 4.74 Å². The minimum Gasteiger partial charge on any atom is -0.483 e. The van der Waals surface area contributed by atoms with Gasteiger partial charge in [-0.1, -0.05) is 36.4 Å². The van der Waals surface area contributed by atoms with Crippen LogP contribution in [0, 0.1) is 12.7 Å². The van der Waals surface area contributed by atoms with Crippen molar-refractivity contribution in [3.05, 3.63) is 95.3 Å². The minimum absolute atomic E-state index is 0.102. The van der Waals surface area contributed by atoms with Gasteiger partial charge in [0.2, 0.25) is 0 Å². The van der Waals surface area contributed by atoms with Crippen molar-refractivity contribution in [1.29, 1.82) is 0 Å². The Morgan fingerprint density at radius 2 is 1.69 bits per heavy atom. The smallest absolute Gasteiger partial charge is 0.335 e. The number of imide groups is 2. The maximum atomic E-state index is 13.3. The van der Waals surface area contributed by atoms with E-state index in [1.807, 2.05) is 19.1 Å². The van der Waals surface area contributed by atoms with Crippen molar-refractivity contribution in [3.8, 4) is 5.75 Å². The summed E-state index contributed by atoms with van der Waals surface area (Å²) in [7, 11) is 0. The molecule has 0 atom stereocenters. The Labute approximate surface area is 200 Å². The molecule has 0 bridgehead atoms. The molecule has 1 fully saturated rings. The quantitative estimate of drug-likeness (QED) is 0.418. The maximum Gasteiger partial charge on any atom is 0.335 e. The van der Waals surface area contributed by atoms with Crippen LogP contribution in [-0.2, 0) is 14.4 Å². The first-order chi connectivity index (χ1) is 16.8. The number of carbonyl (C=O) groups excluding carboxylic acids is 4. The molecule has 35 heavy (non-hydrogen) atoms. The number of nitrogens with one attached hydrogen (secondary N) is 2. The number of benzene rings is 3. The molecule has 0 aliphatic carbocycles. The van der Waals surface area contributed by atoms with Gasteiger partial charge in [0.15, 0.2) is 6.61 Å². The third-order valence-corrected chi connectivity index (χ3v) is 5.18. The van der Waals surface area contributed by atoms with Crippen LogP contribution in [0.25, 0.3) is 6.08 Å². The normalized spacial score (nSPS) is 14.6. The van der Waals surface area contributed by atoms with Gasteiger partial charge in [0, 0.05) is 11.3 Å². The minimum atomic E-state index is -0.943. The van der Waals surface area contributed by atoms with Gasteiger partial charge >= 0.3 is 6.03 Å². The van der Waals surface area contributed by atoms with Crippen LogP contribution in [-0.4, -0.2) is 30.4 Å². The van der Waals surface area contributed by atoms with Gasteiger partial charge in [-0.3, -0.25) is 19.7 Å². The van der Waals surface area contributed by atoms with E-state index in [-0.39, 0.29) is 29.5 Å². The zero-order valence-electron chi connectivity index (χ0n) is 18.6. The molecule has 0 aromatic heterocycles. The molecule has 2 N–H and O–H groups in total. The summed E-state index contributed by atoms with van der Waals surface area (Å²) in [6.45, 7) is 1.55. The second-order valence-corrected chi connectivity index (χ2v) is 7.62. The molecule has 1 aliphatic heterocycles. The molecule has 5 amide bonds. The number of barbiturate groups is 1. The Morgan fingerprint density at radius 3 is 2.43 bits per heavy atom. The molecule has 9 heteroatoms. The number of para-hydroxylation sites is 2. The largest absolute Gasteiger partial charge is 0.483 e.